The molecule has 0 aliphatic carbocycles. The number of nitrogens with zero attached hydrogens (tertiary/aromatic N) is 3. The van der Waals surface area contributed by atoms with Crippen LogP contribution in [0.5, 0.6) is 5.75 Å². The van der Waals surface area contributed by atoms with Crippen LogP contribution in [0.2, 0.25) is 0 Å². The highest BCUT2D eigenvalue weighted by molar-refractivity contribution is 5.95. The van der Waals surface area contributed by atoms with Crippen molar-refractivity contribution in [2.45, 2.75) is 27.7 Å². The molecule has 22 heavy (non-hydrogen) atoms. The number of carbonyl (C=O) groups excluding carboxylic acids is 1. The molecule has 0 atom stereocenters. The maximum absolute atomic E-state index is 11.9. The van der Waals surface area contributed by atoms with Gasteiger partial charge < -0.3 is 9.84 Å². The minimum Gasteiger partial charge on any atom is -0.505 e. The second kappa shape index (κ2) is 6.38. The van der Waals surface area contributed by atoms with Gasteiger partial charge in [0.15, 0.2) is 0 Å². The molecule has 0 amide bonds. The van der Waals surface area contributed by atoms with Crippen molar-refractivity contribution in [2.75, 3.05) is 6.61 Å². The topological polar surface area (TPSA) is 99.9 Å². The summed E-state index contributed by atoms with van der Waals surface area (Å²) in [7, 11) is 0. The molecule has 0 saturated heterocycles. The summed E-state index contributed by atoms with van der Waals surface area (Å²) in [4.78, 5) is 11.9. The van der Waals surface area contributed by atoms with Crippen LogP contribution < -0.4 is 0 Å². The molecule has 1 aromatic heterocycles. The summed E-state index contributed by atoms with van der Waals surface area (Å²) in [6.07, 6.45) is 0. The molecular weight excluding hydrogens is 284 g/mol. The molecule has 2 aromatic rings. The van der Waals surface area contributed by atoms with Crippen molar-refractivity contribution >= 4 is 17.5 Å². The number of ether oxygens (including phenoxy) is 1. The molecule has 1 aromatic carbocycles. The Labute approximate surface area is 128 Å². The quantitative estimate of drug-likeness (QED) is 0.665. The molecule has 7 heteroatoms. The zero-order chi connectivity index (χ0) is 16.3. The van der Waals surface area contributed by atoms with Gasteiger partial charge in [-0.2, -0.15) is 5.10 Å². The van der Waals surface area contributed by atoms with E-state index < -0.39 is 5.97 Å². The smallest absolute Gasteiger partial charge is 0.343 e. The Morgan fingerprint density at radius 2 is 2.05 bits per heavy atom. The number of benzene rings is 1. The molecule has 2 rings (SSSR count). The predicted molar refractivity (Wildman–Crippen MR) is 81.0 cm³/mol. The van der Waals surface area contributed by atoms with E-state index >= 15 is 0 Å². The summed E-state index contributed by atoms with van der Waals surface area (Å²) in [5.74, 6) is -0.318. The van der Waals surface area contributed by atoms with Gasteiger partial charge in [0.05, 0.1) is 6.61 Å². The minimum absolute atomic E-state index is 0.0549. The van der Waals surface area contributed by atoms with Crippen LogP contribution in [0.25, 0.3) is 0 Å². The lowest BCUT2D eigenvalue weighted by atomic mass is 10.1. The second-order valence-corrected chi connectivity index (χ2v) is 4.92. The van der Waals surface area contributed by atoms with Crippen molar-refractivity contribution in [2.24, 2.45) is 10.2 Å². The van der Waals surface area contributed by atoms with E-state index in [0.29, 0.717) is 16.9 Å². The highest BCUT2D eigenvalue weighted by Crippen LogP contribution is 2.33. The number of azo groups is 1. The number of aromatic nitrogens is 2. The monoisotopic (exact) mass is 302 g/mol. The maximum Gasteiger partial charge on any atom is 0.343 e. The van der Waals surface area contributed by atoms with Crippen molar-refractivity contribution in [1.29, 1.82) is 0 Å². The molecule has 116 valence electrons. The summed E-state index contributed by atoms with van der Waals surface area (Å²) in [5.41, 5.74) is 2.78. The SMILES string of the molecule is CCOC(=O)c1c(N=Nc2cc(C)cc(C)c2O)n[nH]c1C. The van der Waals surface area contributed by atoms with Crippen molar-refractivity contribution in [3.63, 3.8) is 0 Å². The fourth-order valence-corrected chi connectivity index (χ4v) is 2.05. The minimum atomic E-state index is -0.507. The summed E-state index contributed by atoms with van der Waals surface area (Å²) in [5, 5.41) is 24.6. The van der Waals surface area contributed by atoms with Crippen molar-refractivity contribution in [3.05, 3.63) is 34.5 Å². The van der Waals surface area contributed by atoms with E-state index in [1.165, 1.54) is 0 Å². The summed E-state index contributed by atoms with van der Waals surface area (Å²) < 4.78 is 4.97. The average molecular weight is 302 g/mol. The van der Waals surface area contributed by atoms with Crippen molar-refractivity contribution < 1.29 is 14.6 Å². The number of esters is 1. The number of aromatic hydroxyl groups is 1. The second-order valence-electron chi connectivity index (χ2n) is 4.92. The number of aryl methyl sites for hydroxylation is 3. The highest BCUT2D eigenvalue weighted by Gasteiger charge is 2.19. The molecule has 0 aliphatic rings. The number of rotatable bonds is 4. The number of nitrogens with one attached hydrogen (secondary N) is 1. The first-order valence-corrected chi connectivity index (χ1v) is 6.88. The molecule has 2 N–H and O–H groups in total. The lowest BCUT2D eigenvalue weighted by Crippen LogP contribution is -2.05. The lowest BCUT2D eigenvalue weighted by molar-refractivity contribution is 0.0526. The predicted octanol–water partition coefficient (Wildman–Crippen LogP) is 3.63. The zero-order valence-corrected chi connectivity index (χ0v) is 13.0. The van der Waals surface area contributed by atoms with Crippen LogP contribution in [-0.2, 0) is 4.74 Å². The van der Waals surface area contributed by atoms with E-state index in [9.17, 15) is 9.90 Å². The van der Waals surface area contributed by atoms with E-state index in [0.717, 1.165) is 5.56 Å². The van der Waals surface area contributed by atoms with Gasteiger partial charge in [-0.3, -0.25) is 5.10 Å². The molecule has 0 aliphatic heterocycles. The van der Waals surface area contributed by atoms with Crippen LogP contribution >= 0.6 is 0 Å². The largest absolute Gasteiger partial charge is 0.505 e. The molecule has 0 bridgehead atoms. The van der Waals surface area contributed by atoms with Crippen LogP contribution in [0.3, 0.4) is 0 Å². The first kappa shape index (κ1) is 15.7. The molecule has 0 radical (unpaired) electrons. The molecule has 0 unspecified atom stereocenters. The van der Waals surface area contributed by atoms with Gasteiger partial charge in [0.25, 0.3) is 0 Å². The number of H-pyrrole nitrogens is 1. The lowest BCUT2D eigenvalue weighted by Gasteiger charge is -2.03. The standard InChI is InChI=1S/C15H18N4O3/c1-5-22-15(21)12-10(4)16-18-14(12)19-17-11-7-8(2)6-9(3)13(11)20/h6-7,20H,5H2,1-4H3,(H,16,18). The zero-order valence-electron chi connectivity index (χ0n) is 13.0. The van der Waals surface area contributed by atoms with Crippen LogP contribution in [0.1, 0.15) is 34.1 Å². The Morgan fingerprint density at radius 1 is 1.32 bits per heavy atom. The third-order valence-electron chi connectivity index (χ3n) is 3.08. The molecule has 0 spiro atoms. The number of aromatic amines is 1. The van der Waals surface area contributed by atoms with Gasteiger partial charge in [0.1, 0.15) is 17.0 Å². The summed E-state index contributed by atoms with van der Waals surface area (Å²) >= 11 is 0. The number of phenolic OH excluding ortho intramolecular Hbond substituents is 1. The first-order valence-electron chi connectivity index (χ1n) is 6.88. The molecule has 7 nitrogen and oxygen atoms in total. The molecule has 0 fully saturated rings. The Bertz CT molecular complexity index is 735. The van der Waals surface area contributed by atoms with Crippen LogP contribution in [0.4, 0.5) is 11.5 Å². The number of carbonyl (C=O) groups is 1. The van der Waals surface area contributed by atoms with Gasteiger partial charge in [-0.1, -0.05) is 6.07 Å². The van der Waals surface area contributed by atoms with Gasteiger partial charge in [-0.25, -0.2) is 4.79 Å². The van der Waals surface area contributed by atoms with Gasteiger partial charge in [0, 0.05) is 5.69 Å². The van der Waals surface area contributed by atoms with Crippen LogP contribution in [0, 0.1) is 20.8 Å². The Balaban J connectivity index is 2.38. The third kappa shape index (κ3) is 3.13. The van der Waals surface area contributed by atoms with E-state index in [1.807, 2.05) is 13.0 Å². The summed E-state index contributed by atoms with van der Waals surface area (Å²) in [6.45, 7) is 7.37. The normalized spacial score (nSPS) is 11.1. The van der Waals surface area contributed by atoms with E-state index in [4.69, 9.17) is 4.74 Å². The van der Waals surface area contributed by atoms with Crippen molar-refractivity contribution in [3.8, 4) is 5.75 Å². The Kier molecular flexibility index (Phi) is 4.55. The Morgan fingerprint density at radius 3 is 2.73 bits per heavy atom. The number of hydrogen-bond donors (Lipinski definition) is 2. The van der Waals surface area contributed by atoms with Gasteiger partial charge >= 0.3 is 5.97 Å². The van der Waals surface area contributed by atoms with E-state index in [-0.39, 0.29) is 23.7 Å². The van der Waals surface area contributed by atoms with Gasteiger partial charge in [0.2, 0.25) is 5.82 Å². The maximum atomic E-state index is 11.9. The van der Waals surface area contributed by atoms with E-state index in [2.05, 4.69) is 20.4 Å². The Hall–Kier alpha value is -2.70. The molecular formula is C15H18N4O3. The first-order chi connectivity index (χ1) is 10.4. The van der Waals surface area contributed by atoms with Crippen LogP contribution in [0.15, 0.2) is 22.4 Å². The van der Waals surface area contributed by atoms with E-state index in [1.54, 1.807) is 26.8 Å². The highest BCUT2D eigenvalue weighted by atomic mass is 16.5. The summed E-state index contributed by atoms with van der Waals surface area (Å²) in [6, 6.07) is 3.55. The van der Waals surface area contributed by atoms with Crippen LogP contribution in [-0.4, -0.2) is 27.9 Å². The fourth-order valence-electron chi connectivity index (χ4n) is 2.05. The van der Waals surface area contributed by atoms with Crippen molar-refractivity contribution in [1.82, 2.24) is 10.2 Å². The average Bonchev–Trinajstić information content (AvgIpc) is 2.82. The molecule has 1 heterocycles. The van der Waals surface area contributed by atoms with Gasteiger partial charge in [-0.05, 0) is 44.9 Å². The molecule has 0 saturated carbocycles. The third-order valence-corrected chi connectivity index (χ3v) is 3.08. The van der Waals surface area contributed by atoms with Gasteiger partial charge in [-0.15, -0.1) is 10.2 Å². The number of hydrogen-bond acceptors (Lipinski definition) is 6. The number of phenols is 1. The fraction of sp³-hybridized carbons (Fsp3) is 0.333.